The van der Waals surface area contributed by atoms with E-state index in [2.05, 4.69) is 5.32 Å². The number of rotatable bonds is 11. The number of hydrogen-bond acceptors (Lipinski definition) is 5. The van der Waals surface area contributed by atoms with Crippen LogP contribution in [0.15, 0.2) is 85.1 Å². The molecule has 0 atom stereocenters. The van der Waals surface area contributed by atoms with E-state index in [4.69, 9.17) is 14.5 Å². The summed E-state index contributed by atoms with van der Waals surface area (Å²) in [5.41, 5.74) is 3.29. The van der Waals surface area contributed by atoms with Crippen molar-refractivity contribution in [3.8, 4) is 28.4 Å². The largest absolute Gasteiger partial charge is 0.493 e. The first-order chi connectivity index (χ1) is 18.9. The number of hydrogen-bond donors (Lipinski definition) is 1. The summed E-state index contributed by atoms with van der Waals surface area (Å²) in [5, 5.41) is 2.94. The SMILES string of the molecule is COc1ccc(-n2cc(-c3ccccc3)nc2NC(=O)CN(Cc2ccccc2)C(=O)CC(C)C)cc1OC. The number of methoxy groups -OCH3 is 2. The van der Waals surface area contributed by atoms with E-state index < -0.39 is 0 Å². The van der Waals surface area contributed by atoms with Gasteiger partial charge < -0.3 is 14.4 Å². The molecule has 0 aliphatic carbocycles. The zero-order chi connectivity index (χ0) is 27.8. The van der Waals surface area contributed by atoms with Crippen LogP contribution in [0.25, 0.3) is 16.9 Å². The van der Waals surface area contributed by atoms with E-state index in [-0.39, 0.29) is 24.3 Å². The van der Waals surface area contributed by atoms with E-state index in [9.17, 15) is 9.59 Å². The molecule has 2 amide bonds. The Balaban J connectivity index is 1.64. The summed E-state index contributed by atoms with van der Waals surface area (Å²) in [6.07, 6.45) is 2.22. The average molecular weight is 527 g/mol. The lowest BCUT2D eigenvalue weighted by atomic mass is 10.1. The van der Waals surface area contributed by atoms with Gasteiger partial charge in [0.15, 0.2) is 11.5 Å². The summed E-state index contributed by atoms with van der Waals surface area (Å²) in [5.74, 6) is 1.25. The molecule has 0 unspecified atom stereocenters. The number of benzene rings is 3. The van der Waals surface area contributed by atoms with Crippen LogP contribution in [0.3, 0.4) is 0 Å². The van der Waals surface area contributed by atoms with Gasteiger partial charge >= 0.3 is 0 Å². The van der Waals surface area contributed by atoms with E-state index in [1.165, 1.54) is 0 Å². The second kappa shape index (κ2) is 12.8. The van der Waals surface area contributed by atoms with Gasteiger partial charge in [-0.3, -0.25) is 19.5 Å². The quantitative estimate of drug-likeness (QED) is 0.276. The lowest BCUT2D eigenvalue weighted by Gasteiger charge is -2.23. The van der Waals surface area contributed by atoms with Crippen LogP contribution < -0.4 is 14.8 Å². The third-order valence-corrected chi connectivity index (χ3v) is 6.16. The van der Waals surface area contributed by atoms with Gasteiger partial charge in [-0.15, -0.1) is 0 Å². The normalized spacial score (nSPS) is 10.8. The minimum absolute atomic E-state index is 0.0720. The Hall–Kier alpha value is -4.59. The summed E-state index contributed by atoms with van der Waals surface area (Å²) in [7, 11) is 3.15. The van der Waals surface area contributed by atoms with Crippen LogP contribution in [0.1, 0.15) is 25.8 Å². The highest BCUT2D eigenvalue weighted by molar-refractivity contribution is 5.94. The number of amides is 2. The highest BCUT2D eigenvalue weighted by atomic mass is 16.5. The third-order valence-electron chi connectivity index (χ3n) is 6.16. The Bertz CT molecular complexity index is 1400. The van der Waals surface area contributed by atoms with Crippen LogP contribution in [0.4, 0.5) is 5.95 Å². The van der Waals surface area contributed by atoms with Gasteiger partial charge in [-0.2, -0.15) is 0 Å². The van der Waals surface area contributed by atoms with Crippen molar-refractivity contribution in [2.45, 2.75) is 26.8 Å². The van der Waals surface area contributed by atoms with Crippen LogP contribution in [0.5, 0.6) is 11.5 Å². The predicted octanol–water partition coefficient (Wildman–Crippen LogP) is 5.57. The minimum atomic E-state index is -0.338. The molecule has 1 heterocycles. The molecule has 3 aromatic carbocycles. The van der Waals surface area contributed by atoms with Crippen molar-refractivity contribution < 1.29 is 19.1 Å². The second-order valence-electron chi connectivity index (χ2n) is 9.61. The first-order valence-corrected chi connectivity index (χ1v) is 12.9. The topological polar surface area (TPSA) is 85.7 Å². The highest BCUT2D eigenvalue weighted by Crippen LogP contribution is 2.31. The van der Waals surface area contributed by atoms with Gasteiger partial charge in [0.1, 0.15) is 6.54 Å². The van der Waals surface area contributed by atoms with Crippen LogP contribution in [-0.2, 0) is 16.1 Å². The lowest BCUT2D eigenvalue weighted by molar-refractivity contribution is -0.136. The van der Waals surface area contributed by atoms with Gasteiger partial charge in [-0.05, 0) is 23.6 Å². The van der Waals surface area contributed by atoms with Crippen molar-refractivity contribution >= 4 is 17.8 Å². The lowest BCUT2D eigenvalue weighted by Crippen LogP contribution is -2.38. The number of ether oxygens (including phenoxy) is 2. The summed E-state index contributed by atoms with van der Waals surface area (Å²) in [6.45, 7) is 4.23. The molecular formula is C31H34N4O4. The standard InChI is InChI=1S/C31H34N4O4/c1-22(2)17-30(37)34(19-23-11-7-5-8-12-23)21-29(36)33-31-32-26(24-13-9-6-10-14-24)20-35(31)25-15-16-27(38-3)28(18-25)39-4/h5-16,18,20,22H,17,19,21H2,1-4H3,(H,32,33,36). The molecule has 0 fully saturated rings. The summed E-state index contributed by atoms with van der Waals surface area (Å²) < 4.78 is 12.7. The molecule has 4 rings (SSSR count). The molecule has 39 heavy (non-hydrogen) atoms. The molecule has 0 saturated carbocycles. The van der Waals surface area contributed by atoms with Gasteiger partial charge in [0.25, 0.3) is 0 Å². The smallest absolute Gasteiger partial charge is 0.246 e. The maximum Gasteiger partial charge on any atom is 0.246 e. The molecular weight excluding hydrogens is 492 g/mol. The van der Waals surface area contributed by atoms with Crippen molar-refractivity contribution in [3.63, 3.8) is 0 Å². The van der Waals surface area contributed by atoms with Crippen molar-refractivity contribution in [2.24, 2.45) is 5.92 Å². The summed E-state index contributed by atoms with van der Waals surface area (Å²) >= 11 is 0. The number of aromatic nitrogens is 2. The van der Waals surface area contributed by atoms with Crippen LogP contribution in [0.2, 0.25) is 0 Å². The molecule has 8 nitrogen and oxygen atoms in total. The third kappa shape index (κ3) is 7.04. The molecule has 0 bridgehead atoms. The monoisotopic (exact) mass is 526 g/mol. The molecule has 0 aliphatic heterocycles. The molecule has 4 aromatic rings. The van der Waals surface area contributed by atoms with E-state index in [1.807, 2.05) is 92.8 Å². The first kappa shape index (κ1) is 27.4. The van der Waals surface area contributed by atoms with Gasteiger partial charge in [0.2, 0.25) is 17.8 Å². The van der Waals surface area contributed by atoms with Gasteiger partial charge in [-0.1, -0.05) is 74.5 Å². The molecule has 0 spiro atoms. The molecule has 202 valence electrons. The fourth-order valence-electron chi connectivity index (χ4n) is 4.24. The van der Waals surface area contributed by atoms with Crippen LogP contribution >= 0.6 is 0 Å². The fourth-order valence-corrected chi connectivity index (χ4v) is 4.24. The Morgan fingerprint density at radius 1 is 0.923 bits per heavy atom. The van der Waals surface area contributed by atoms with Crippen LogP contribution in [0, 0.1) is 5.92 Å². The molecule has 1 N–H and O–H groups in total. The Morgan fingerprint density at radius 2 is 1.59 bits per heavy atom. The van der Waals surface area contributed by atoms with E-state index in [1.54, 1.807) is 29.8 Å². The summed E-state index contributed by atoms with van der Waals surface area (Å²) in [4.78, 5) is 32.7. The van der Waals surface area contributed by atoms with E-state index in [0.29, 0.717) is 36.1 Å². The average Bonchev–Trinajstić information content (AvgIpc) is 3.36. The number of imidazole rings is 1. The maximum atomic E-state index is 13.4. The van der Waals surface area contributed by atoms with Crippen molar-refractivity contribution in [3.05, 3.63) is 90.6 Å². The number of nitrogens with one attached hydrogen (secondary N) is 1. The van der Waals surface area contributed by atoms with Crippen LogP contribution in [-0.4, -0.2) is 47.0 Å². The molecule has 0 saturated heterocycles. The number of carbonyl (C=O) groups is 2. The Kier molecular flexibility index (Phi) is 8.99. The van der Waals surface area contributed by atoms with Gasteiger partial charge in [-0.25, -0.2) is 4.98 Å². The Labute approximate surface area is 229 Å². The molecule has 0 aliphatic rings. The predicted molar refractivity (Wildman–Crippen MR) is 152 cm³/mol. The zero-order valence-electron chi connectivity index (χ0n) is 22.8. The van der Waals surface area contributed by atoms with Crippen molar-refractivity contribution in [2.75, 3.05) is 26.1 Å². The van der Waals surface area contributed by atoms with E-state index in [0.717, 1.165) is 16.8 Å². The summed E-state index contributed by atoms with van der Waals surface area (Å²) in [6, 6.07) is 24.9. The second-order valence-corrected chi connectivity index (χ2v) is 9.61. The van der Waals surface area contributed by atoms with Gasteiger partial charge in [0, 0.05) is 30.8 Å². The van der Waals surface area contributed by atoms with Gasteiger partial charge in [0.05, 0.1) is 25.6 Å². The molecule has 0 radical (unpaired) electrons. The Morgan fingerprint density at radius 3 is 2.23 bits per heavy atom. The number of nitrogens with zero attached hydrogens (tertiary/aromatic N) is 3. The number of anilines is 1. The highest BCUT2D eigenvalue weighted by Gasteiger charge is 2.21. The zero-order valence-corrected chi connectivity index (χ0v) is 22.8. The molecule has 1 aromatic heterocycles. The fraction of sp³-hybridized carbons (Fsp3) is 0.258. The maximum absolute atomic E-state index is 13.4. The molecule has 8 heteroatoms. The van der Waals surface area contributed by atoms with Crippen molar-refractivity contribution in [1.29, 1.82) is 0 Å². The minimum Gasteiger partial charge on any atom is -0.493 e. The van der Waals surface area contributed by atoms with Crippen molar-refractivity contribution in [1.82, 2.24) is 14.5 Å². The number of carbonyl (C=O) groups excluding carboxylic acids is 2. The first-order valence-electron chi connectivity index (χ1n) is 12.9. The van der Waals surface area contributed by atoms with E-state index >= 15 is 0 Å².